The first-order valence-corrected chi connectivity index (χ1v) is 8.41. The van der Waals surface area contributed by atoms with Crippen LogP contribution in [-0.2, 0) is 6.42 Å². The molecule has 1 saturated heterocycles. The molecule has 1 aromatic carbocycles. The van der Waals surface area contributed by atoms with Crippen LogP contribution in [-0.4, -0.2) is 36.1 Å². The second-order valence-corrected chi connectivity index (χ2v) is 7.75. The first kappa shape index (κ1) is 16.5. The minimum atomic E-state index is 0.331. The number of nitrogens with zero attached hydrogens (tertiary/aromatic N) is 1. The van der Waals surface area contributed by atoms with E-state index in [1.165, 1.54) is 24.9 Å². The van der Waals surface area contributed by atoms with Gasteiger partial charge in [0.1, 0.15) is 0 Å². The van der Waals surface area contributed by atoms with Crippen LogP contribution in [0.3, 0.4) is 0 Å². The van der Waals surface area contributed by atoms with Gasteiger partial charge in [-0.25, -0.2) is 0 Å². The van der Waals surface area contributed by atoms with E-state index in [1.54, 1.807) is 0 Å². The van der Waals surface area contributed by atoms with Gasteiger partial charge in [0.25, 0.3) is 0 Å². The highest BCUT2D eigenvalue weighted by atomic mass is 15.3. The lowest BCUT2D eigenvalue weighted by Crippen LogP contribution is -2.61. The summed E-state index contributed by atoms with van der Waals surface area (Å²) in [7, 11) is 0. The third-order valence-electron chi connectivity index (χ3n) is 4.92. The summed E-state index contributed by atoms with van der Waals surface area (Å²) >= 11 is 0. The summed E-state index contributed by atoms with van der Waals surface area (Å²) in [6.07, 6.45) is 2.42. The predicted molar refractivity (Wildman–Crippen MR) is 91.6 cm³/mol. The number of hydrogen-bond donors (Lipinski definition) is 1. The molecule has 1 aromatic rings. The molecule has 21 heavy (non-hydrogen) atoms. The van der Waals surface area contributed by atoms with E-state index >= 15 is 0 Å². The Morgan fingerprint density at radius 3 is 2.52 bits per heavy atom. The van der Waals surface area contributed by atoms with Crippen LogP contribution < -0.4 is 5.32 Å². The maximum absolute atomic E-state index is 3.73. The van der Waals surface area contributed by atoms with Crippen LogP contribution in [0.15, 0.2) is 30.3 Å². The molecule has 2 heteroatoms. The molecule has 1 aliphatic rings. The van der Waals surface area contributed by atoms with Gasteiger partial charge in [-0.2, -0.15) is 0 Å². The molecule has 2 nitrogen and oxygen atoms in total. The molecule has 1 aliphatic heterocycles. The topological polar surface area (TPSA) is 15.3 Å². The van der Waals surface area contributed by atoms with E-state index in [9.17, 15) is 0 Å². The normalized spacial score (nSPS) is 25.8. The minimum absolute atomic E-state index is 0.331. The molecular weight excluding hydrogens is 256 g/mol. The second kappa shape index (κ2) is 6.93. The maximum atomic E-state index is 3.73. The largest absolute Gasteiger partial charge is 0.311 e. The van der Waals surface area contributed by atoms with Crippen molar-refractivity contribution >= 4 is 0 Å². The van der Waals surface area contributed by atoms with Crippen LogP contribution in [0.1, 0.15) is 46.6 Å². The molecule has 0 bridgehead atoms. The van der Waals surface area contributed by atoms with Gasteiger partial charge < -0.3 is 5.32 Å². The summed E-state index contributed by atoms with van der Waals surface area (Å²) in [5, 5.41) is 3.73. The van der Waals surface area contributed by atoms with Crippen LogP contribution in [0.25, 0.3) is 0 Å². The molecule has 118 valence electrons. The molecule has 0 aromatic heterocycles. The monoisotopic (exact) mass is 288 g/mol. The highest BCUT2D eigenvalue weighted by molar-refractivity contribution is 5.14. The van der Waals surface area contributed by atoms with Gasteiger partial charge in [-0.05, 0) is 37.7 Å². The zero-order valence-corrected chi connectivity index (χ0v) is 14.4. The van der Waals surface area contributed by atoms with E-state index in [4.69, 9.17) is 0 Å². The molecular formula is C19H32N2. The van der Waals surface area contributed by atoms with E-state index in [-0.39, 0.29) is 0 Å². The van der Waals surface area contributed by atoms with E-state index in [0.29, 0.717) is 23.5 Å². The molecule has 3 atom stereocenters. The van der Waals surface area contributed by atoms with Gasteiger partial charge in [0.15, 0.2) is 0 Å². The Kier molecular flexibility index (Phi) is 5.45. The maximum Gasteiger partial charge on any atom is 0.0244 e. The summed E-state index contributed by atoms with van der Waals surface area (Å²) < 4.78 is 0. The lowest BCUT2D eigenvalue weighted by atomic mass is 9.84. The van der Waals surface area contributed by atoms with E-state index in [1.807, 2.05) is 0 Å². The molecule has 2 rings (SSSR count). The Labute approximate surface area is 130 Å². The summed E-state index contributed by atoms with van der Waals surface area (Å²) in [5.41, 5.74) is 1.79. The van der Waals surface area contributed by atoms with Crippen LogP contribution in [0.2, 0.25) is 0 Å². The van der Waals surface area contributed by atoms with E-state index in [0.717, 1.165) is 6.54 Å². The Bertz CT molecular complexity index is 421. The second-order valence-electron chi connectivity index (χ2n) is 7.75. The average molecular weight is 288 g/mol. The number of nitrogens with one attached hydrogen (secondary N) is 1. The molecule has 0 saturated carbocycles. The van der Waals surface area contributed by atoms with Crippen LogP contribution in [0.4, 0.5) is 0 Å². The van der Waals surface area contributed by atoms with E-state index < -0.39 is 0 Å². The summed E-state index contributed by atoms with van der Waals surface area (Å²) in [4.78, 5) is 2.70. The number of piperazine rings is 1. The fourth-order valence-electron chi connectivity index (χ4n) is 3.27. The Hall–Kier alpha value is -0.860. The fraction of sp³-hybridized carbons (Fsp3) is 0.684. The molecule has 0 spiro atoms. The molecule has 0 radical (unpaired) electrons. The molecule has 1 N–H and O–H groups in total. The van der Waals surface area contributed by atoms with Crippen molar-refractivity contribution in [1.82, 2.24) is 10.2 Å². The number of hydrogen-bond acceptors (Lipinski definition) is 2. The van der Waals surface area contributed by atoms with Crippen molar-refractivity contribution in [2.75, 3.05) is 13.1 Å². The standard InChI is InChI=1S/C19H32N2/c1-15(11-12-17-9-7-6-8-10-17)21-14-18(19(3,4)5)20-13-16(21)2/h6-10,15-16,18,20H,11-14H2,1-5H3. The zero-order chi connectivity index (χ0) is 15.5. The highest BCUT2D eigenvalue weighted by Gasteiger charge is 2.34. The third-order valence-corrected chi connectivity index (χ3v) is 4.92. The van der Waals surface area contributed by atoms with Gasteiger partial charge in [0, 0.05) is 31.2 Å². The first-order chi connectivity index (χ1) is 9.88. The van der Waals surface area contributed by atoms with Crippen molar-refractivity contribution in [3.63, 3.8) is 0 Å². The smallest absolute Gasteiger partial charge is 0.0244 e. The van der Waals surface area contributed by atoms with Crippen molar-refractivity contribution in [3.05, 3.63) is 35.9 Å². The molecule has 3 unspecified atom stereocenters. The third kappa shape index (κ3) is 4.55. The van der Waals surface area contributed by atoms with Gasteiger partial charge in [-0.1, -0.05) is 51.1 Å². The minimum Gasteiger partial charge on any atom is -0.311 e. The van der Waals surface area contributed by atoms with Crippen molar-refractivity contribution in [2.24, 2.45) is 5.41 Å². The SMILES string of the molecule is CC(CCc1ccccc1)N1CC(C(C)(C)C)NCC1C. The van der Waals surface area contributed by atoms with E-state index in [2.05, 4.69) is 75.2 Å². The Balaban J connectivity index is 1.92. The Morgan fingerprint density at radius 2 is 1.90 bits per heavy atom. The van der Waals surface area contributed by atoms with Crippen molar-refractivity contribution < 1.29 is 0 Å². The Morgan fingerprint density at radius 1 is 1.24 bits per heavy atom. The quantitative estimate of drug-likeness (QED) is 0.908. The lowest BCUT2D eigenvalue weighted by Gasteiger charge is -2.46. The van der Waals surface area contributed by atoms with Gasteiger partial charge >= 0.3 is 0 Å². The van der Waals surface area contributed by atoms with Crippen LogP contribution in [0.5, 0.6) is 0 Å². The summed E-state index contributed by atoms with van der Waals surface area (Å²) in [5.74, 6) is 0. The van der Waals surface area contributed by atoms with Gasteiger partial charge in [0.05, 0.1) is 0 Å². The van der Waals surface area contributed by atoms with Gasteiger partial charge in [0.2, 0.25) is 0 Å². The molecule has 0 amide bonds. The van der Waals surface area contributed by atoms with Gasteiger partial charge in [-0.15, -0.1) is 0 Å². The number of aryl methyl sites for hydroxylation is 1. The average Bonchev–Trinajstić information content (AvgIpc) is 2.45. The zero-order valence-electron chi connectivity index (χ0n) is 14.4. The summed E-state index contributed by atoms with van der Waals surface area (Å²) in [6, 6.07) is 12.7. The highest BCUT2D eigenvalue weighted by Crippen LogP contribution is 2.25. The molecule has 1 heterocycles. The summed E-state index contributed by atoms with van der Waals surface area (Å²) in [6.45, 7) is 14.0. The first-order valence-electron chi connectivity index (χ1n) is 8.41. The number of rotatable bonds is 4. The molecule has 1 fully saturated rings. The lowest BCUT2D eigenvalue weighted by molar-refractivity contribution is 0.0602. The fourth-order valence-corrected chi connectivity index (χ4v) is 3.27. The van der Waals surface area contributed by atoms with Gasteiger partial charge in [-0.3, -0.25) is 4.90 Å². The molecule has 0 aliphatic carbocycles. The van der Waals surface area contributed by atoms with Crippen molar-refractivity contribution in [2.45, 2.75) is 65.6 Å². The number of benzene rings is 1. The van der Waals surface area contributed by atoms with Crippen LogP contribution in [0, 0.1) is 5.41 Å². The van der Waals surface area contributed by atoms with Crippen molar-refractivity contribution in [1.29, 1.82) is 0 Å². The van der Waals surface area contributed by atoms with Crippen molar-refractivity contribution in [3.8, 4) is 0 Å². The van der Waals surface area contributed by atoms with Crippen LogP contribution >= 0.6 is 0 Å². The predicted octanol–water partition coefficient (Wildman–Crippen LogP) is 3.72.